The molecule has 0 fully saturated rings. The molecule has 1 aromatic heterocycles. The predicted molar refractivity (Wildman–Crippen MR) is 88.4 cm³/mol. The third kappa shape index (κ3) is 4.16. The number of carbonyl (C=O) groups is 2. The Morgan fingerprint density at radius 2 is 1.65 bits per heavy atom. The number of anilines is 1. The molecule has 0 bridgehead atoms. The Balaban J connectivity index is 2.05. The van der Waals surface area contributed by atoms with Gasteiger partial charge in [0.15, 0.2) is 6.10 Å². The molecule has 0 saturated heterocycles. The number of aromatic nitrogens is 1. The molecular formula is C18H20N2O3. The van der Waals surface area contributed by atoms with Gasteiger partial charge in [-0.1, -0.05) is 17.7 Å². The second kappa shape index (κ2) is 7.05. The molecule has 0 aliphatic rings. The molecule has 1 N–H and O–H groups in total. The Morgan fingerprint density at radius 3 is 2.22 bits per heavy atom. The number of amides is 1. The fourth-order valence-corrected chi connectivity index (χ4v) is 2.37. The lowest BCUT2D eigenvalue weighted by Crippen LogP contribution is -2.30. The van der Waals surface area contributed by atoms with Crippen molar-refractivity contribution in [2.75, 3.05) is 5.32 Å². The number of pyridine rings is 1. The van der Waals surface area contributed by atoms with E-state index in [1.54, 1.807) is 19.1 Å². The lowest BCUT2D eigenvalue weighted by molar-refractivity contribution is -0.123. The molecule has 2 aromatic rings. The highest BCUT2D eigenvalue weighted by atomic mass is 16.5. The Bertz CT molecular complexity index is 703. The van der Waals surface area contributed by atoms with Gasteiger partial charge in [-0.25, -0.2) is 4.79 Å². The maximum absolute atomic E-state index is 12.3. The Morgan fingerprint density at radius 1 is 1.09 bits per heavy atom. The van der Waals surface area contributed by atoms with Gasteiger partial charge in [-0.15, -0.1) is 0 Å². The lowest BCUT2D eigenvalue weighted by Gasteiger charge is -2.16. The molecule has 5 heteroatoms. The van der Waals surface area contributed by atoms with Crippen LogP contribution in [0.15, 0.2) is 36.7 Å². The van der Waals surface area contributed by atoms with Gasteiger partial charge in [-0.2, -0.15) is 0 Å². The molecule has 5 nitrogen and oxygen atoms in total. The molecule has 23 heavy (non-hydrogen) atoms. The van der Waals surface area contributed by atoms with Gasteiger partial charge in [0.05, 0.1) is 5.56 Å². The Labute approximate surface area is 135 Å². The highest BCUT2D eigenvalue weighted by Gasteiger charge is 2.20. The van der Waals surface area contributed by atoms with Gasteiger partial charge in [-0.3, -0.25) is 9.78 Å². The molecule has 1 atom stereocenters. The summed E-state index contributed by atoms with van der Waals surface area (Å²) >= 11 is 0. The smallest absolute Gasteiger partial charge is 0.339 e. The van der Waals surface area contributed by atoms with E-state index in [2.05, 4.69) is 10.3 Å². The minimum absolute atomic E-state index is 0.359. The van der Waals surface area contributed by atoms with Gasteiger partial charge < -0.3 is 10.1 Å². The predicted octanol–water partition coefficient (Wildman–Crippen LogP) is 3.19. The summed E-state index contributed by atoms with van der Waals surface area (Å²) in [5, 5.41) is 2.83. The van der Waals surface area contributed by atoms with E-state index in [9.17, 15) is 9.59 Å². The Kier molecular flexibility index (Phi) is 5.11. The quantitative estimate of drug-likeness (QED) is 0.880. The zero-order valence-corrected chi connectivity index (χ0v) is 13.7. The topological polar surface area (TPSA) is 68.3 Å². The molecule has 0 aliphatic carbocycles. The number of aryl methyl sites for hydroxylation is 3. The highest BCUT2D eigenvalue weighted by Crippen LogP contribution is 2.22. The van der Waals surface area contributed by atoms with E-state index < -0.39 is 12.1 Å². The third-order valence-electron chi connectivity index (χ3n) is 3.49. The zero-order chi connectivity index (χ0) is 17.0. The fraction of sp³-hybridized carbons (Fsp3) is 0.278. The van der Waals surface area contributed by atoms with E-state index in [4.69, 9.17) is 4.74 Å². The third-order valence-corrected chi connectivity index (χ3v) is 3.49. The normalized spacial score (nSPS) is 11.7. The molecule has 0 aliphatic heterocycles. The summed E-state index contributed by atoms with van der Waals surface area (Å²) in [6, 6.07) is 7.08. The monoisotopic (exact) mass is 312 g/mol. The average Bonchev–Trinajstić information content (AvgIpc) is 2.51. The first kappa shape index (κ1) is 16.7. The summed E-state index contributed by atoms with van der Waals surface area (Å²) in [4.78, 5) is 28.1. The van der Waals surface area contributed by atoms with Crippen molar-refractivity contribution in [1.29, 1.82) is 0 Å². The number of nitrogens with one attached hydrogen (secondary N) is 1. The van der Waals surface area contributed by atoms with Crippen molar-refractivity contribution >= 4 is 17.6 Å². The van der Waals surface area contributed by atoms with Crippen LogP contribution in [0.3, 0.4) is 0 Å². The minimum Gasteiger partial charge on any atom is -0.449 e. The van der Waals surface area contributed by atoms with Gasteiger partial charge in [-0.05, 0) is 51.0 Å². The fourth-order valence-electron chi connectivity index (χ4n) is 2.37. The molecule has 1 aromatic carbocycles. The molecule has 1 amide bonds. The van der Waals surface area contributed by atoms with Crippen molar-refractivity contribution in [3.05, 3.63) is 58.9 Å². The van der Waals surface area contributed by atoms with Gasteiger partial charge in [0, 0.05) is 18.1 Å². The second-order valence-corrected chi connectivity index (χ2v) is 5.55. The van der Waals surface area contributed by atoms with Crippen LogP contribution in [0.1, 0.15) is 34.0 Å². The van der Waals surface area contributed by atoms with Crippen LogP contribution < -0.4 is 5.32 Å². The number of benzene rings is 1. The summed E-state index contributed by atoms with van der Waals surface area (Å²) in [5.74, 6) is -0.908. The van der Waals surface area contributed by atoms with Crippen LogP contribution in [0.4, 0.5) is 5.69 Å². The number of nitrogens with zero attached hydrogens (tertiary/aromatic N) is 1. The number of esters is 1. The first-order chi connectivity index (χ1) is 10.9. The summed E-state index contributed by atoms with van der Waals surface area (Å²) < 4.78 is 5.20. The maximum Gasteiger partial charge on any atom is 0.339 e. The van der Waals surface area contributed by atoms with Crippen molar-refractivity contribution in [3.8, 4) is 0 Å². The molecule has 0 saturated carbocycles. The van der Waals surface area contributed by atoms with Crippen molar-refractivity contribution in [2.45, 2.75) is 33.8 Å². The summed E-state index contributed by atoms with van der Waals surface area (Å²) in [5.41, 5.74) is 4.21. The number of rotatable bonds is 4. The Hall–Kier alpha value is -2.69. The van der Waals surface area contributed by atoms with Gasteiger partial charge in [0.25, 0.3) is 5.91 Å². The van der Waals surface area contributed by atoms with Crippen LogP contribution in [0.25, 0.3) is 0 Å². The van der Waals surface area contributed by atoms with Crippen LogP contribution in [-0.4, -0.2) is 23.0 Å². The van der Waals surface area contributed by atoms with Gasteiger partial charge >= 0.3 is 5.97 Å². The molecule has 120 valence electrons. The summed E-state index contributed by atoms with van der Waals surface area (Å²) in [7, 11) is 0. The van der Waals surface area contributed by atoms with Crippen LogP contribution in [0.5, 0.6) is 0 Å². The second-order valence-electron chi connectivity index (χ2n) is 5.55. The molecule has 0 unspecified atom stereocenters. The van der Waals surface area contributed by atoms with Gasteiger partial charge in [0.1, 0.15) is 0 Å². The van der Waals surface area contributed by atoms with Crippen molar-refractivity contribution in [3.63, 3.8) is 0 Å². The van der Waals surface area contributed by atoms with E-state index in [1.165, 1.54) is 12.4 Å². The molecule has 0 radical (unpaired) electrons. The van der Waals surface area contributed by atoms with Gasteiger partial charge in [0.2, 0.25) is 0 Å². The number of ether oxygens (including phenoxy) is 1. The van der Waals surface area contributed by atoms with Crippen LogP contribution in [0.2, 0.25) is 0 Å². The van der Waals surface area contributed by atoms with Crippen LogP contribution in [0, 0.1) is 20.8 Å². The number of carbonyl (C=O) groups excluding carboxylic acids is 2. The van der Waals surface area contributed by atoms with Crippen LogP contribution >= 0.6 is 0 Å². The van der Waals surface area contributed by atoms with Crippen molar-refractivity contribution in [2.24, 2.45) is 0 Å². The first-order valence-electron chi connectivity index (χ1n) is 7.38. The zero-order valence-electron chi connectivity index (χ0n) is 13.7. The van der Waals surface area contributed by atoms with Crippen molar-refractivity contribution in [1.82, 2.24) is 4.98 Å². The number of hydrogen-bond acceptors (Lipinski definition) is 4. The van der Waals surface area contributed by atoms with E-state index in [0.29, 0.717) is 5.56 Å². The van der Waals surface area contributed by atoms with E-state index in [-0.39, 0.29) is 5.91 Å². The van der Waals surface area contributed by atoms with E-state index in [1.807, 2.05) is 32.9 Å². The molecule has 2 rings (SSSR count). The maximum atomic E-state index is 12.3. The highest BCUT2D eigenvalue weighted by molar-refractivity contribution is 5.98. The SMILES string of the molecule is Cc1cc(C)c(NC(=O)[C@@H](C)OC(=O)c2ccncc2)c(C)c1. The lowest BCUT2D eigenvalue weighted by atomic mass is 10.0. The minimum atomic E-state index is -0.893. The summed E-state index contributed by atoms with van der Waals surface area (Å²) in [6.45, 7) is 7.42. The summed E-state index contributed by atoms with van der Waals surface area (Å²) in [6.07, 6.45) is 2.11. The van der Waals surface area contributed by atoms with E-state index >= 15 is 0 Å². The van der Waals surface area contributed by atoms with Crippen LogP contribution in [-0.2, 0) is 9.53 Å². The largest absolute Gasteiger partial charge is 0.449 e. The molecular weight excluding hydrogens is 292 g/mol. The average molecular weight is 312 g/mol. The number of hydrogen-bond donors (Lipinski definition) is 1. The first-order valence-corrected chi connectivity index (χ1v) is 7.38. The van der Waals surface area contributed by atoms with E-state index in [0.717, 1.165) is 22.4 Å². The molecule has 0 spiro atoms. The van der Waals surface area contributed by atoms with Crippen molar-refractivity contribution < 1.29 is 14.3 Å². The standard InChI is InChI=1S/C18H20N2O3/c1-11-9-12(2)16(13(3)10-11)20-17(21)14(4)23-18(22)15-5-7-19-8-6-15/h5-10,14H,1-4H3,(H,20,21)/t14-/m1/s1. The molecule has 1 heterocycles.